The summed E-state index contributed by atoms with van der Waals surface area (Å²) in [6.07, 6.45) is -1.60. The lowest BCUT2D eigenvalue weighted by Crippen LogP contribution is -2.60. The van der Waals surface area contributed by atoms with Crippen molar-refractivity contribution in [1.82, 2.24) is 15.3 Å². The van der Waals surface area contributed by atoms with Gasteiger partial charge in [0.2, 0.25) is 0 Å². The van der Waals surface area contributed by atoms with Gasteiger partial charge in [0.1, 0.15) is 24.0 Å². The number of nitriles is 1. The van der Waals surface area contributed by atoms with Gasteiger partial charge < -0.3 is 33.7 Å². The number of cyclic esters (lactones) is 1. The molecule has 0 aliphatic carbocycles. The molecule has 3 heterocycles. The van der Waals surface area contributed by atoms with Crippen molar-refractivity contribution in [1.29, 1.82) is 5.26 Å². The van der Waals surface area contributed by atoms with E-state index in [9.17, 15) is 24.8 Å². The van der Waals surface area contributed by atoms with Gasteiger partial charge in [0.05, 0.1) is 29.4 Å². The largest absolute Gasteiger partial charge is 0.455 e. The number of carbonyl (C=O) groups excluding carboxylic acids is 3. The van der Waals surface area contributed by atoms with Gasteiger partial charge in [-0.1, -0.05) is 45.9 Å². The number of fused-ring (bicyclic) bond motifs is 1. The molecule has 13 heteroatoms. The highest BCUT2D eigenvalue weighted by Gasteiger charge is 2.60. The van der Waals surface area contributed by atoms with E-state index in [4.69, 9.17) is 23.7 Å². The molecule has 0 radical (unpaired) electrons. The summed E-state index contributed by atoms with van der Waals surface area (Å²) in [5, 5.41) is 21.9. The van der Waals surface area contributed by atoms with Crippen molar-refractivity contribution in [3.05, 3.63) is 47.0 Å². The number of hydrazine groups is 1. The molecule has 0 aromatic heterocycles. The Morgan fingerprint density at radius 1 is 1.12 bits per heavy atom. The van der Waals surface area contributed by atoms with Crippen LogP contribution in [0.3, 0.4) is 0 Å². The fraction of sp³-hybridized carbons (Fsp3) is 0.692. The first-order chi connectivity index (χ1) is 24.4. The maximum atomic E-state index is 14.6. The number of aliphatic hydroxyl groups excluding tert-OH is 1. The van der Waals surface area contributed by atoms with Crippen LogP contribution in [-0.4, -0.2) is 108 Å². The molecule has 0 spiro atoms. The van der Waals surface area contributed by atoms with Crippen LogP contribution in [-0.2, 0) is 39.8 Å². The number of hydrogen-bond acceptors (Lipinski definition) is 12. The lowest BCUT2D eigenvalue weighted by atomic mass is 9.74. The van der Waals surface area contributed by atoms with Gasteiger partial charge in [0.25, 0.3) is 0 Å². The summed E-state index contributed by atoms with van der Waals surface area (Å²) in [5.41, 5.74) is 2.31. The maximum Gasteiger partial charge on any atom is 0.425 e. The number of rotatable bonds is 8. The Bertz CT molecular complexity index is 1510. The number of ether oxygens (including phenoxy) is 5. The number of aliphatic hydroxyl groups is 1. The number of esters is 1. The Morgan fingerprint density at radius 2 is 1.77 bits per heavy atom. The third-order valence-electron chi connectivity index (χ3n) is 11.2. The number of hydrogen-bond donors (Lipinski definition) is 2. The first-order valence-corrected chi connectivity index (χ1v) is 18.3. The van der Waals surface area contributed by atoms with Gasteiger partial charge in [0.15, 0.2) is 11.9 Å². The van der Waals surface area contributed by atoms with Crippen LogP contribution in [0.1, 0.15) is 85.8 Å². The molecule has 0 bridgehead atoms. The maximum absolute atomic E-state index is 14.6. The standard InChI is InChI=1S/C39H58N4O9/c1-12-30-39(8)33(43(37(47)52-39)41-21-28-15-13-27(20-40)14-16-28)26(6)31(44)24(4)19-38(7,48-11)34(22(2)17-23(3)35(46)50-30)51-36-32(45)29(42(9)10)18-25(5)49-36/h13-17,22,24-26,29-30,32-34,36,41,45H,12,18-19,21H2,1-11H3/b23-17+/t22-,24+,25+,26-,29-,30+,32+,33+,34+,36-,38+,39+/m0/s1. The molecule has 12 atom stereocenters. The van der Waals surface area contributed by atoms with E-state index in [1.807, 2.05) is 53.6 Å². The number of carbonyl (C=O) groups is 3. The van der Waals surface area contributed by atoms with Crippen molar-refractivity contribution >= 4 is 17.8 Å². The zero-order valence-corrected chi connectivity index (χ0v) is 32.5. The molecule has 0 saturated carbocycles. The van der Waals surface area contributed by atoms with Crippen LogP contribution in [0.5, 0.6) is 0 Å². The number of nitrogens with zero attached hydrogens (tertiary/aromatic N) is 3. The van der Waals surface area contributed by atoms with Crippen LogP contribution in [0.4, 0.5) is 4.79 Å². The predicted molar refractivity (Wildman–Crippen MR) is 192 cm³/mol. The summed E-state index contributed by atoms with van der Waals surface area (Å²) >= 11 is 0. The van der Waals surface area contributed by atoms with E-state index in [1.54, 1.807) is 58.2 Å². The van der Waals surface area contributed by atoms with Crippen molar-refractivity contribution in [2.45, 2.75) is 135 Å². The minimum absolute atomic E-state index is 0.144. The molecular weight excluding hydrogens is 668 g/mol. The lowest BCUT2D eigenvalue weighted by Gasteiger charge is -2.46. The smallest absolute Gasteiger partial charge is 0.425 e. The number of ketones is 1. The lowest BCUT2D eigenvalue weighted by molar-refractivity contribution is -0.294. The van der Waals surface area contributed by atoms with E-state index in [1.165, 1.54) is 5.01 Å². The van der Waals surface area contributed by atoms with E-state index in [0.29, 0.717) is 24.0 Å². The molecule has 3 aliphatic heterocycles. The molecule has 1 amide bonds. The number of amides is 1. The van der Waals surface area contributed by atoms with Gasteiger partial charge in [-0.3, -0.25) is 4.79 Å². The fourth-order valence-electron chi connectivity index (χ4n) is 8.31. The zero-order valence-electron chi connectivity index (χ0n) is 32.5. The van der Waals surface area contributed by atoms with Gasteiger partial charge in [-0.15, -0.1) is 0 Å². The number of Topliss-reactive ketones (excluding diaryl/α,β-unsaturated/α-hetero) is 1. The van der Waals surface area contributed by atoms with Crippen molar-refractivity contribution in [3.63, 3.8) is 0 Å². The molecule has 288 valence electrons. The molecule has 2 saturated heterocycles. The molecule has 52 heavy (non-hydrogen) atoms. The average molecular weight is 727 g/mol. The molecule has 0 unspecified atom stereocenters. The highest BCUT2D eigenvalue weighted by Crippen LogP contribution is 2.42. The summed E-state index contributed by atoms with van der Waals surface area (Å²) in [6, 6.07) is 7.96. The average Bonchev–Trinajstić information content (AvgIpc) is 3.37. The van der Waals surface area contributed by atoms with E-state index in [2.05, 4.69) is 11.5 Å². The first kappa shape index (κ1) is 41.4. The highest BCUT2D eigenvalue weighted by molar-refractivity contribution is 5.88. The van der Waals surface area contributed by atoms with Crippen molar-refractivity contribution in [2.75, 3.05) is 21.2 Å². The van der Waals surface area contributed by atoms with Gasteiger partial charge in [-0.2, -0.15) is 5.26 Å². The normalized spacial score (nSPS) is 38.8. The molecule has 1 aromatic rings. The van der Waals surface area contributed by atoms with Crippen LogP contribution < -0.4 is 5.43 Å². The summed E-state index contributed by atoms with van der Waals surface area (Å²) in [5.74, 6) is -2.57. The molecule has 2 fully saturated rings. The Balaban J connectivity index is 1.75. The van der Waals surface area contributed by atoms with Gasteiger partial charge in [-0.25, -0.2) is 20.0 Å². The number of benzene rings is 1. The number of nitrogens with one attached hydrogen (secondary N) is 1. The summed E-state index contributed by atoms with van der Waals surface area (Å²) in [7, 11) is 5.36. The Hall–Kier alpha value is -3.38. The van der Waals surface area contributed by atoms with Gasteiger partial charge in [0, 0.05) is 43.0 Å². The van der Waals surface area contributed by atoms with Crippen molar-refractivity contribution in [2.24, 2.45) is 17.8 Å². The third kappa shape index (κ3) is 8.54. The minimum Gasteiger partial charge on any atom is -0.455 e. The second-order valence-corrected chi connectivity index (χ2v) is 15.5. The minimum atomic E-state index is -1.39. The van der Waals surface area contributed by atoms with Crippen LogP contribution in [0, 0.1) is 29.1 Å². The predicted octanol–water partition coefficient (Wildman–Crippen LogP) is 4.51. The Kier molecular flexibility index (Phi) is 13.3. The summed E-state index contributed by atoms with van der Waals surface area (Å²) in [6.45, 7) is 14.7. The van der Waals surface area contributed by atoms with E-state index in [0.717, 1.165) is 5.56 Å². The number of methoxy groups -OCH3 is 1. The van der Waals surface area contributed by atoms with E-state index >= 15 is 0 Å². The SMILES string of the molecule is CC[C@H]1OC(=O)/C(C)=C/[C@H](C)[C@@H](O[C@@H]2O[C@H](C)C[C@H](N(C)C)[C@H]2O)[C@](C)(OC)C[C@@H](C)C(=O)[C@H](C)[C@H]2N(NCc3ccc(C#N)cc3)C(=O)O[C@]12C. The van der Waals surface area contributed by atoms with Gasteiger partial charge >= 0.3 is 12.1 Å². The molecule has 4 rings (SSSR count). The summed E-state index contributed by atoms with van der Waals surface area (Å²) < 4.78 is 31.2. The summed E-state index contributed by atoms with van der Waals surface area (Å²) in [4.78, 5) is 44.0. The molecule has 2 N–H and O–H groups in total. The first-order valence-electron chi connectivity index (χ1n) is 18.3. The fourth-order valence-corrected chi connectivity index (χ4v) is 8.31. The van der Waals surface area contributed by atoms with Crippen LogP contribution in [0.25, 0.3) is 0 Å². The quantitative estimate of drug-likeness (QED) is 0.362. The van der Waals surface area contributed by atoms with E-state index < -0.39 is 71.7 Å². The van der Waals surface area contributed by atoms with Crippen LogP contribution >= 0.6 is 0 Å². The van der Waals surface area contributed by atoms with Crippen LogP contribution in [0.2, 0.25) is 0 Å². The second-order valence-electron chi connectivity index (χ2n) is 15.5. The van der Waals surface area contributed by atoms with Crippen molar-refractivity contribution in [3.8, 4) is 6.07 Å². The molecular formula is C39H58N4O9. The van der Waals surface area contributed by atoms with E-state index in [-0.39, 0.29) is 30.9 Å². The Morgan fingerprint density at radius 3 is 2.35 bits per heavy atom. The Labute approximate surface area is 308 Å². The van der Waals surface area contributed by atoms with Crippen LogP contribution in [0.15, 0.2) is 35.9 Å². The monoisotopic (exact) mass is 726 g/mol. The third-order valence-corrected chi connectivity index (χ3v) is 11.2. The molecule has 3 aliphatic rings. The molecule has 1 aromatic carbocycles. The highest BCUT2D eigenvalue weighted by atomic mass is 16.7. The topological polar surface area (TPSA) is 160 Å². The molecule has 13 nitrogen and oxygen atoms in total. The number of likely N-dealkylation sites (N-methyl/N-ethyl adjacent to an activating group) is 1. The van der Waals surface area contributed by atoms with Gasteiger partial charge in [-0.05, 0) is 78.7 Å². The zero-order chi connectivity index (χ0) is 38.7. The second kappa shape index (κ2) is 16.7. The van der Waals surface area contributed by atoms with Crippen molar-refractivity contribution < 1.29 is 43.2 Å².